The molecule has 19 heavy (non-hydrogen) atoms. The highest BCUT2D eigenvalue weighted by Gasteiger charge is 2.08. The van der Waals surface area contributed by atoms with E-state index in [4.69, 9.17) is 0 Å². The van der Waals surface area contributed by atoms with Crippen LogP contribution < -0.4 is 10.2 Å². The third-order valence-electron chi connectivity index (χ3n) is 2.87. The topological polar surface area (TPSA) is 41.0 Å². The van der Waals surface area contributed by atoms with E-state index in [0.29, 0.717) is 0 Å². The maximum absolute atomic E-state index is 4.37. The van der Waals surface area contributed by atoms with Gasteiger partial charge in [-0.2, -0.15) is 0 Å². The second-order valence-electron chi connectivity index (χ2n) is 4.27. The molecule has 0 atom stereocenters. The molecule has 1 heterocycles. The molecule has 1 N–H and O–H groups in total. The predicted molar refractivity (Wildman–Crippen MR) is 79.9 cm³/mol. The Labute approximate surface area is 114 Å². The number of hydrogen-bond donors (Lipinski definition) is 1. The van der Waals surface area contributed by atoms with Crippen LogP contribution >= 0.6 is 0 Å². The quantitative estimate of drug-likeness (QED) is 0.859. The first-order valence-electron chi connectivity index (χ1n) is 6.73. The van der Waals surface area contributed by atoms with Gasteiger partial charge in [0.15, 0.2) is 0 Å². The maximum atomic E-state index is 4.37. The molecule has 4 heteroatoms. The van der Waals surface area contributed by atoms with Crippen molar-refractivity contribution >= 4 is 17.3 Å². The summed E-state index contributed by atoms with van der Waals surface area (Å²) >= 11 is 0. The second kappa shape index (κ2) is 6.73. The van der Waals surface area contributed by atoms with Gasteiger partial charge in [0.05, 0.1) is 0 Å². The highest BCUT2D eigenvalue weighted by Crippen LogP contribution is 2.23. The van der Waals surface area contributed by atoms with Crippen LogP contribution in [-0.2, 0) is 0 Å². The molecule has 0 spiro atoms. The molecule has 0 aliphatic rings. The standard InChI is InChI=1S/C15H20N4/c1-3-10-16-14-11-15(18-12-17-14)19(4-2)13-8-6-5-7-9-13/h5-9,11-12H,3-4,10H2,1-2H3,(H,16,17,18). The molecule has 2 aromatic rings. The molecule has 100 valence electrons. The lowest BCUT2D eigenvalue weighted by Gasteiger charge is -2.22. The van der Waals surface area contributed by atoms with Crippen molar-refractivity contribution in [1.82, 2.24) is 9.97 Å². The van der Waals surface area contributed by atoms with Crippen LogP contribution in [-0.4, -0.2) is 23.1 Å². The van der Waals surface area contributed by atoms with E-state index in [2.05, 4.69) is 46.2 Å². The largest absolute Gasteiger partial charge is 0.370 e. The average Bonchev–Trinajstić information content (AvgIpc) is 2.47. The van der Waals surface area contributed by atoms with Gasteiger partial charge >= 0.3 is 0 Å². The van der Waals surface area contributed by atoms with Crippen molar-refractivity contribution in [2.24, 2.45) is 0 Å². The highest BCUT2D eigenvalue weighted by molar-refractivity contribution is 5.61. The SMILES string of the molecule is CCCNc1cc(N(CC)c2ccccc2)ncn1. The Morgan fingerprint density at radius 2 is 1.89 bits per heavy atom. The summed E-state index contributed by atoms with van der Waals surface area (Å²) in [4.78, 5) is 10.8. The molecule has 0 saturated heterocycles. The lowest BCUT2D eigenvalue weighted by Crippen LogP contribution is -2.17. The first kappa shape index (κ1) is 13.3. The predicted octanol–water partition coefficient (Wildman–Crippen LogP) is 3.46. The average molecular weight is 256 g/mol. The molecule has 0 unspecified atom stereocenters. The van der Waals surface area contributed by atoms with Crippen LogP contribution in [0.15, 0.2) is 42.7 Å². The van der Waals surface area contributed by atoms with Crippen molar-refractivity contribution in [3.8, 4) is 0 Å². The molecular weight excluding hydrogens is 236 g/mol. The summed E-state index contributed by atoms with van der Waals surface area (Å²) in [5.74, 6) is 1.79. The van der Waals surface area contributed by atoms with Crippen LogP contribution in [0, 0.1) is 0 Å². The Morgan fingerprint density at radius 1 is 1.11 bits per heavy atom. The van der Waals surface area contributed by atoms with Crippen LogP contribution in [0.25, 0.3) is 0 Å². The molecule has 0 aliphatic carbocycles. The van der Waals surface area contributed by atoms with Gasteiger partial charge in [-0.3, -0.25) is 0 Å². The number of anilines is 3. The van der Waals surface area contributed by atoms with E-state index in [-0.39, 0.29) is 0 Å². The third kappa shape index (κ3) is 3.44. The van der Waals surface area contributed by atoms with E-state index in [0.717, 1.165) is 36.8 Å². The van der Waals surface area contributed by atoms with Crippen molar-refractivity contribution < 1.29 is 0 Å². The van der Waals surface area contributed by atoms with Gasteiger partial charge in [0.2, 0.25) is 0 Å². The van der Waals surface area contributed by atoms with Crippen molar-refractivity contribution in [1.29, 1.82) is 0 Å². The Hall–Kier alpha value is -2.10. The monoisotopic (exact) mass is 256 g/mol. The van der Waals surface area contributed by atoms with Crippen LogP contribution in [0.4, 0.5) is 17.3 Å². The molecule has 0 fully saturated rings. The van der Waals surface area contributed by atoms with Crippen LogP contribution in [0.1, 0.15) is 20.3 Å². The van der Waals surface area contributed by atoms with Crippen molar-refractivity contribution in [3.63, 3.8) is 0 Å². The van der Waals surface area contributed by atoms with Crippen molar-refractivity contribution in [3.05, 3.63) is 42.7 Å². The molecule has 0 bridgehead atoms. The minimum absolute atomic E-state index is 0.869. The Kier molecular flexibility index (Phi) is 4.72. The number of benzene rings is 1. The Bertz CT molecular complexity index is 499. The summed E-state index contributed by atoms with van der Waals surface area (Å²) in [6, 6.07) is 12.3. The third-order valence-corrected chi connectivity index (χ3v) is 2.87. The minimum atomic E-state index is 0.869. The fourth-order valence-corrected chi connectivity index (χ4v) is 1.93. The molecule has 2 rings (SSSR count). The Morgan fingerprint density at radius 3 is 2.58 bits per heavy atom. The first-order valence-corrected chi connectivity index (χ1v) is 6.73. The number of aromatic nitrogens is 2. The van der Waals surface area contributed by atoms with E-state index < -0.39 is 0 Å². The van der Waals surface area contributed by atoms with E-state index >= 15 is 0 Å². The van der Waals surface area contributed by atoms with Crippen molar-refractivity contribution in [2.45, 2.75) is 20.3 Å². The molecule has 1 aromatic carbocycles. The number of para-hydroxylation sites is 1. The van der Waals surface area contributed by atoms with Gasteiger partial charge in [-0.15, -0.1) is 0 Å². The zero-order valence-electron chi connectivity index (χ0n) is 11.5. The van der Waals surface area contributed by atoms with Gasteiger partial charge in [-0.1, -0.05) is 25.1 Å². The first-order chi connectivity index (χ1) is 9.35. The maximum Gasteiger partial charge on any atom is 0.138 e. The minimum Gasteiger partial charge on any atom is -0.370 e. The van der Waals surface area contributed by atoms with Gasteiger partial charge in [0.1, 0.15) is 18.0 Å². The fraction of sp³-hybridized carbons (Fsp3) is 0.333. The van der Waals surface area contributed by atoms with Crippen molar-refractivity contribution in [2.75, 3.05) is 23.3 Å². The van der Waals surface area contributed by atoms with E-state index in [1.54, 1.807) is 6.33 Å². The summed E-state index contributed by atoms with van der Waals surface area (Å²) in [5, 5.41) is 3.29. The van der Waals surface area contributed by atoms with Gasteiger partial charge in [-0.25, -0.2) is 9.97 Å². The van der Waals surface area contributed by atoms with Crippen LogP contribution in [0.5, 0.6) is 0 Å². The van der Waals surface area contributed by atoms with E-state index in [9.17, 15) is 0 Å². The van der Waals surface area contributed by atoms with E-state index in [1.165, 1.54) is 0 Å². The van der Waals surface area contributed by atoms with Gasteiger partial charge in [0, 0.05) is 24.8 Å². The summed E-state index contributed by atoms with van der Waals surface area (Å²) < 4.78 is 0. The smallest absolute Gasteiger partial charge is 0.138 e. The highest BCUT2D eigenvalue weighted by atomic mass is 15.2. The molecule has 1 aromatic heterocycles. The Balaban J connectivity index is 2.23. The molecule has 0 aliphatic heterocycles. The normalized spacial score (nSPS) is 10.2. The number of rotatable bonds is 6. The molecular formula is C15H20N4. The van der Waals surface area contributed by atoms with Crippen LogP contribution in [0.2, 0.25) is 0 Å². The summed E-state index contributed by atoms with van der Waals surface area (Å²) in [6.07, 6.45) is 2.69. The van der Waals surface area contributed by atoms with Crippen LogP contribution in [0.3, 0.4) is 0 Å². The number of nitrogens with zero attached hydrogens (tertiary/aromatic N) is 3. The molecule has 0 saturated carbocycles. The molecule has 0 amide bonds. The fourth-order valence-electron chi connectivity index (χ4n) is 1.93. The zero-order valence-corrected chi connectivity index (χ0v) is 11.5. The van der Waals surface area contributed by atoms with Gasteiger partial charge in [0.25, 0.3) is 0 Å². The second-order valence-corrected chi connectivity index (χ2v) is 4.27. The summed E-state index contributed by atoms with van der Waals surface area (Å²) in [5.41, 5.74) is 1.14. The van der Waals surface area contributed by atoms with Gasteiger partial charge in [-0.05, 0) is 25.5 Å². The lowest BCUT2D eigenvalue weighted by molar-refractivity contribution is 0.949. The van der Waals surface area contributed by atoms with Gasteiger partial charge < -0.3 is 10.2 Å². The number of nitrogens with one attached hydrogen (secondary N) is 1. The zero-order chi connectivity index (χ0) is 13.5. The molecule has 4 nitrogen and oxygen atoms in total. The summed E-state index contributed by atoms with van der Waals surface area (Å²) in [6.45, 7) is 6.05. The molecule has 0 radical (unpaired) electrons. The summed E-state index contributed by atoms with van der Waals surface area (Å²) in [7, 11) is 0. The lowest BCUT2D eigenvalue weighted by atomic mass is 10.3. The van der Waals surface area contributed by atoms with E-state index in [1.807, 2.05) is 24.3 Å². The number of hydrogen-bond acceptors (Lipinski definition) is 4.